The molecule has 4 nitrogen and oxygen atoms in total. The molecule has 0 aliphatic carbocycles. The number of piperidine rings is 1. The molecule has 1 N–H and O–H groups in total. The van der Waals surface area contributed by atoms with Gasteiger partial charge in [-0.15, -0.1) is 36.2 Å². The molecule has 1 aliphatic rings. The van der Waals surface area contributed by atoms with Gasteiger partial charge in [-0.1, -0.05) is 0 Å². The van der Waals surface area contributed by atoms with Crippen LogP contribution in [0.2, 0.25) is 0 Å². The molecule has 1 unspecified atom stereocenters. The van der Waals surface area contributed by atoms with E-state index in [1.165, 1.54) is 38.0 Å². The van der Waals surface area contributed by atoms with E-state index < -0.39 is 0 Å². The predicted octanol–water partition coefficient (Wildman–Crippen LogP) is 3.52. The number of hydrogen-bond acceptors (Lipinski definition) is 5. The first-order valence-corrected chi connectivity index (χ1v) is 8.45. The zero-order chi connectivity index (χ0) is 14.4. The molecule has 1 fully saturated rings. The summed E-state index contributed by atoms with van der Waals surface area (Å²) in [5.41, 5.74) is 1.20. The topological polar surface area (TPSA) is 37.4 Å². The van der Waals surface area contributed by atoms with Crippen molar-refractivity contribution in [3.63, 3.8) is 0 Å². The van der Waals surface area contributed by atoms with Gasteiger partial charge in [-0.2, -0.15) is 0 Å². The maximum absolute atomic E-state index is 5.32. The van der Waals surface area contributed by atoms with Crippen molar-refractivity contribution in [3.8, 4) is 0 Å². The number of rotatable bonds is 7. The average Bonchev–Trinajstić information content (AvgIpc) is 2.94. The van der Waals surface area contributed by atoms with Crippen molar-refractivity contribution in [3.05, 3.63) is 16.1 Å². The monoisotopic (exact) mass is 369 g/mol. The SMILES string of the molecule is CNCCC1CCN(Cc2csc(C(C)OC)n2)CC1.Cl.Cl. The highest BCUT2D eigenvalue weighted by Gasteiger charge is 2.19. The minimum absolute atomic E-state index is 0. The second-order valence-corrected chi connectivity index (χ2v) is 6.56. The molecule has 1 aliphatic heterocycles. The first kappa shape index (κ1) is 22.1. The van der Waals surface area contributed by atoms with E-state index in [-0.39, 0.29) is 30.9 Å². The van der Waals surface area contributed by atoms with E-state index in [0.29, 0.717) is 0 Å². The zero-order valence-electron chi connectivity index (χ0n) is 13.7. The molecule has 7 heteroatoms. The van der Waals surface area contributed by atoms with Gasteiger partial charge in [0.15, 0.2) is 0 Å². The summed E-state index contributed by atoms with van der Waals surface area (Å²) in [5, 5.41) is 6.52. The third-order valence-corrected chi connectivity index (χ3v) is 5.22. The highest BCUT2D eigenvalue weighted by atomic mass is 35.5. The highest BCUT2D eigenvalue weighted by Crippen LogP contribution is 2.24. The molecule has 2 heterocycles. The van der Waals surface area contributed by atoms with Gasteiger partial charge in [-0.25, -0.2) is 4.98 Å². The molecule has 0 saturated carbocycles. The number of halogens is 2. The number of methoxy groups -OCH3 is 1. The van der Waals surface area contributed by atoms with Gasteiger partial charge < -0.3 is 10.1 Å². The lowest BCUT2D eigenvalue weighted by Gasteiger charge is -2.31. The van der Waals surface area contributed by atoms with Gasteiger partial charge >= 0.3 is 0 Å². The van der Waals surface area contributed by atoms with Crippen molar-refractivity contribution in [2.75, 3.05) is 33.8 Å². The molecule has 1 aromatic rings. The van der Waals surface area contributed by atoms with E-state index in [1.807, 2.05) is 7.05 Å². The largest absolute Gasteiger partial charge is 0.375 e. The van der Waals surface area contributed by atoms with Crippen LogP contribution >= 0.6 is 36.2 Å². The Morgan fingerprint density at radius 3 is 2.68 bits per heavy atom. The fraction of sp³-hybridized carbons (Fsp3) is 0.800. The maximum Gasteiger partial charge on any atom is 0.122 e. The summed E-state index contributed by atoms with van der Waals surface area (Å²) >= 11 is 1.71. The van der Waals surface area contributed by atoms with Crippen LogP contribution in [0.3, 0.4) is 0 Å². The maximum atomic E-state index is 5.32. The van der Waals surface area contributed by atoms with Crippen molar-refractivity contribution < 1.29 is 4.74 Å². The normalized spacial score (nSPS) is 17.6. The molecule has 130 valence electrons. The summed E-state index contributed by atoms with van der Waals surface area (Å²) in [6, 6.07) is 0. The van der Waals surface area contributed by atoms with E-state index in [2.05, 4.69) is 27.5 Å². The summed E-state index contributed by atoms with van der Waals surface area (Å²) in [7, 11) is 3.78. The Morgan fingerprint density at radius 1 is 1.41 bits per heavy atom. The van der Waals surface area contributed by atoms with Gasteiger partial charge in [0, 0.05) is 19.0 Å². The van der Waals surface area contributed by atoms with Crippen molar-refractivity contribution in [1.29, 1.82) is 0 Å². The lowest BCUT2D eigenvalue weighted by molar-refractivity contribution is 0.119. The Balaban J connectivity index is 0.00000220. The molecule has 1 saturated heterocycles. The molecule has 0 bridgehead atoms. The molecule has 2 rings (SSSR count). The van der Waals surface area contributed by atoms with Crippen molar-refractivity contribution >= 4 is 36.2 Å². The lowest BCUT2D eigenvalue weighted by atomic mass is 9.93. The smallest absolute Gasteiger partial charge is 0.122 e. The summed E-state index contributed by atoms with van der Waals surface area (Å²) in [4.78, 5) is 7.22. The quantitative estimate of drug-likeness (QED) is 0.797. The Hall–Kier alpha value is 0.0900. The number of nitrogens with zero attached hydrogens (tertiary/aromatic N) is 2. The number of thiazole rings is 1. The molecular formula is C15H29Cl2N3OS. The number of ether oxygens (including phenoxy) is 1. The van der Waals surface area contributed by atoms with E-state index in [0.717, 1.165) is 24.0 Å². The van der Waals surface area contributed by atoms with Crippen molar-refractivity contribution in [1.82, 2.24) is 15.2 Å². The van der Waals surface area contributed by atoms with Crippen LogP contribution in [0.1, 0.15) is 43.0 Å². The van der Waals surface area contributed by atoms with E-state index in [4.69, 9.17) is 4.74 Å². The van der Waals surface area contributed by atoms with Gasteiger partial charge in [0.05, 0.1) is 5.69 Å². The van der Waals surface area contributed by atoms with Crippen LogP contribution in [0.15, 0.2) is 5.38 Å². The molecule has 0 amide bonds. The van der Waals surface area contributed by atoms with Crippen LogP contribution in [0.25, 0.3) is 0 Å². The first-order valence-electron chi connectivity index (χ1n) is 7.57. The fourth-order valence-electron chi connectivity index (χ4n) is 2.69. The minimum atomic E-state index is 0. The predicted molar refractivity (Wildman–Crippen MR) is 98.6 cm³/mol. The van der Waals surface area contributed by atoms with Crippen LogP contribution in [-0.2, 0) is 11.3 Å². The molecule has 1 atom stereocenters. The third-order valence-electron chi connectivity index (χ3n) is 4.17. The molecule has 0 radical (unpaired) electrons. The third kappa shape index (κ3) is 6.69. The number of likely N-dealkylation sites (tertiary alicyclic amines) is 1. The van der Waals surface area contributed by atoms with Crippen LogP contribution < -0.4 is 5.32 Å². The molecule has 0 aromatic carbocycles. The first-order chi connectivity index (χ1) is 9.72. The van der Waals surface area contributed by atoms with Crippen molar-refractivity contribution in [2.24, 2.45) is 5.92 Å². The summed E-state index contributed by atoms with van der Waals surface area (Å²) in [5.74, 6) is 0.901. The molecule has 1 aromatic heterocycles. The Morgan fingerprint density at radius 2 is 2.09 bits per heavy atom. The summed E-state index contributed by atoms with van der Waals surface area (Å²) < 4.78 is 5.32. The van der Waals surface area contributed by atoms with Gasteiger partial charge in [0.1, 0.15) is 11.1 Å². The fourth-order valence-corrected chi connectivity index (χ4v) is 3.54. The molecule has 22 heavy (non-hydrogen) atoms. The Bertz CT molecular complexity index is 398. The number of aromatic nitrogens is 1. The van der Waals surface area contributed by atoms with Crippen LogP contribution in [0, 0.1) is 5.92 Å². The minimum Gasteiger partial charge on any atom is -0.375 e. The highest BCUT2D eigenvalue weighted by molar-refractivity contribution is 7.09. The zero-order valence-corrected chi connectivity index (χ0v) is 16.2. The standard InChI is InChI=1S/C15H27N3OS.2ClH/c1-12(19-3)15-17-14(11-20-15)10-18-8-5-13(6-9-18)4-7-16-2;;/h11-13,16H,4-10H2,1-3H3;2*1H. The molecular weight excluding hydrogens is 341 g/mol. The van der Waals surface area contributed by atoms with Crippen LogP contribution in [0.4, 0.5) is 0 Å². The summed E-state index contributed by atoms with van der Waals surface area (Å²) in [6.07, 6.45) is 4.08. The Kier molecular flexibility index (Phi) is 11.6. The summed E-state index contributed by atoms with van der Waals surface area (Å²) in [6.45, 7) is 6.61. The van der Waals surface area contributed by atoms with E-state index in [9.17, 15) is 0 Å². The van der Waals surface area contributed by atoms with Crippen LogP contribution in [0.5, 0.6) is 0 Å². The van der Waals surface area contributed by atoms with E-state index in [1.54, 1.807) is 18.4 Å². The second-order valence-electron chi connectivity index (χ2n) is 5.67. The van der Waals surface area contributed by atoms with Gasteiger partial charge in [0.2, 0.25) is 0 Å². The van der Waals surface area contributed by atoms with E-state index >= 15 is 0 Å². The van der Waals surface area contributed by atoms with Crippen molar-refractivity contribution in [2.45, 2.75) is 38.8 Å². The number of nitrogens with one attached hydrogen (secondary N) is 1. The lowest BCUT2D eigenvalue weighted by Crippen LogP contribution is -2.34. The van der Waals surface area contributed by atoms with Gasteiger partial charge in [0.25, 0.3) is 0 Å². The average molecular weight is 370 g/mol. The molecule has 0 spiro atoms. The van der Waals surface area contributed by atoms with Gasteiger partial charge in [-0.05, 0) is 58.8 Å². The number of hydrogen-bond donors (Lipinski definition) is 1. The van der Waals surface area contributed by atoms with Crippen LogP contribution in [-0.4, -0.2) is 43.7 Å². The Labute approximate surface area is 150 Å². The van der Waals surface area contributed by atoms with Gasteiger partial charge in [-0.3, -0.25) is 4.90 Å². The second kappa shape index (κ2) is 11.6.